The second-order valence-electron chi connectivity index (χ2n) is 3.94. The molecule has 0 bridgehead atoms. The van der Waals surface area contributed by atoms with Crippen molar-refractivity contribution in [2.75, 3.05) is 0 Å². The molecule has 0 unspecified atom stereocenters. The summed E-state index contributed by atoms with van der Waals surface area (Å²) in [6.07, 6.45) is -3.33. The van der Waals surface area contributed by atoms with Crippen molar-refractivity contribution in [1.29, 1.82) is 0 Å². The van der Waals surface area contributed by atoms with E-state index in [1.807, 2.05) is 0 Å². The number of H-pyrrole nitrogens is 1. The van der Waals surface area contributed by atoms with E-state index in [0.717, 1.165) is 18.3 Å². The fourth-order valence-corrected chi connectivity index (χ4v) is 1.69. The minimum absolute atomic E-state index is 0.156. The third-order valence-electron chi connectivity index (χ3n) is 2.70. The van der Waals surface area contributed by atoms with E-state index in [9.17, 15) is 32.5 Å². The van der Waals surface area contributed by atoms with E-state index < -0.39 is 34.3 Å². The molecule has 106 valence electrons. The Hall–Kier alpha value is -2.45. The van der Waals surface area contributed by atoms with E-state index in [4.69, 9.17) is 0 Å². The zero-order chi connectivity index (χ0) is 15.1. The summed E-state index contributed by atoms with van der Waals surface area (Å²) in [6.45, 7) is 0. The van der Waals surface area contributed by atoms with Gasteiger partial charge in [-0.25, -0.2) is 8.78 Å². The van der Waals surface area contributed by atoms with E-state index in [2.05, 4.69) is 4.98 Å². The number of hydrogen-bond donors (Lipinski definition) is 1. The molecule has 0 saturated heterocycles. The molecule has 1 aromatic heterocycles. The third-order valence-corrected chi connectivity index (χ3v) is 2.70. The smallest absolute Gasteiger partial charge is 0.360 e. The van der Waals surface area contributed by atoms with Crippen LogP contribution in [0.3, 0.4) is 0 Å². The molecule has 0 aliphatic heterocycles. The Kier molecular flexibility index (Phi) is 3.20. The minimum Gasteiger partial charge on any atom is -0.360 e. The van der Waals surface area contributed by atoms with Crippen molar-refractivity contribution in [2.45, 2.75) is 12.3 Å². The van der Waals surface area contributed by atoms with Crippen LogP contribution in [-0.4, -0.2) is 28.0 Å². The molecule has 0 radical (unpaired) electrons. The lowest BCUT2D eigenvalue weighted by Crippen LogP contribution is -2.36. The van der Waals surface area contributed by atoms with Crippen LogP contribution < -0.4 is 0 Å². The normalized spacial score (nSPS) is 12.1. The van der Waals surface area contributed by atoms with E-state index in [1.54, 1.807) is 0 Å². The number of rotatable bonds is 4. The van der Waals surface area contributed by atoms with Crippen molar-refractivity contribution in [3.05, 3.63) is 40.1 Å². The highest BCUT2D eigenvalue weighted by Crippen LogP contribution is 2.31. The van der Waals surface area contributed by atoms with Crippen molar-refractivity contribution >= 4 is 22.4 Å². The maximum atomic E-state index is 13.0. The molecule has 1 heterocycles. The lowest BCUT2D eigenvalue weighted by molar-refractivity contribution is -0.384. The SMILES string of the molecule is O=C(c1c[nH]c2ccc([N+](=O)[O-])cc12)C(F)(F)C(F)F. The summed E-state index contributed by atoms with van der Waals surface area (Å²) in [5.74, 6) is -6.93. The van der Waals surface area contributed by atoms with Gasteiger partial charge in [-0.1, -0.05) is 0 Å². The molecule has 5 nitrogen and oxygen atoms in total. The molecule has 0 aliphatic rings. The number of benzene rings is 1. The van der Waals surface area contributed by atoms with Crippen molar-refractivity contribution in [1.82, 2.24) is 4.98 Å². The molecule has 9 heteroatoms. The van der Waals surface area contributed by atoms with Crippen LogP contribution in [0.25, 0.3) is 10.9 Å². The Morgan fingerprint density at radius 2 is 2.00 bits per heavy atom. The van der Waals surface area contributed by atoms with Crippen LogP contribution in [0.15, 0.2) is 24.4 Å². The zero-order valence-corrected chi connectivity index (χ0v) is 9.57. The van der Waals surface area contributed by atoms with Gasteiger partial charge in [0.05, 0.1) is 4.92 Å². The quantitative estimate of drug-likeness (QED) is 0.406. The molecule has 0 aliphatic carbocycles. The standard InChI is InChI=1S/C11H6F4N2O3/c12-10(13)11(14,15)9(18)7-4-16-8-2-1-5(17(19)20)3-6(7)8/h1-4,10,16H. The summed E-state index contributed by atoms with van der Waals surface area (Å²) in [5, 5.41) is 10.4. The van der Waals surface area contributed by atoms with Gasteiger partial charge in [0, 0.05) is 34.8 Å². The molecule has 1 N–H and O–H groups in total. The molecule has 0 saturated carbocycles. The molecule has 1 aromatic carbocycles. The Morgan fingerprint density at radius 3 is 2.55 bits per heavy atom. The monoisotopic (exact) mass is 290 g/mol. The zero-order valence-electron chi connectivity index (χ0n) is 9.57. The Labute approximate surface area is 108 Å². The van der Waals surface area contributed by atoms with Crippen LogP contribution in [0, 0.1) is 10.1 Å². The number of nitro groups is 1. The molecule has 2 rings (SSSR count). The minimum atomic E-state index is -4.85. The first-order valence-electron chi connectivity index (χ1n) is 5.21. The van der Waals surface area contributed by atoms with Crippen molar-refractivity contribution < 1.29 is 27.3 Å². The maximum absolute atomic E-state index is 13.0. The summed E-state index contributed by atoms with van der Waals surface area (Å²) in [5.41, 5.74) is -0.996. The molecular weight excluding hydrogens is 284 g/mol. The largest absolute Gasteiger partial charge is 0.368 e. The maximum Gasteiger partial charge on any atom is 0.368 e. The first-order valence-corrected chi connectivity index (χ1v) is 5.21. The average molecular weight is 290 g/mol. The predicted octanol–water partition coefficient (Wildman–Crippen LogP) is 3.16. The summed E-state index contributed by atoms with van der Waals surface area (Å²) < 4.78 is 50.4. The lowest BCUT2D eigenvalue weighted by Gasteiger charge is -2.12. The first kappa shape index (κ1) is 14.0. The van der Waals surface area contributed by atoms with Gasteiger partial charge in [-0.2, -0.15) is 8.78 Å². The molecule has 2 aromatic rings. The number of aromatic nitrogens is 1. The number of nitrogens with zero attached hydrogens (tertiary/aromatic N) is 1. The molecule has 20 heavy (non-hydrogen) atoms. The highest BCUT2D eigenvalue weighted by molar-refractivity contribution is 6.11. The Morgan fingerprint density at radius 1 is 1.35 bits per heavy atom. The van der Waals surface area contributed by atoms with Crippen LogP contribution in [-0.2, 0) is 0 Å². The summed E-state index contributed by atoms with van der Waals surface area (Å²) in [4.78, 5) is 23.7. The lowest BCUT2D eigenvalue weighted by atomic mass is 10.0. The fourth-order valence-electron chi connectivity index (χ4n) is 1.69. The number of nitro benzene ring substituents is 1. The van der Waals surface area contributed by atoms with E-state index in [0.29, 0.717) is 0 Å². The fraction of sp³-hybridized carbons (Fsp3) is 0.182. The number of non-ortho nitro benzene ring substituents is 1. The summed E-state index contributed by atoms with van der Waals surface area (Å²) in [7, 11) is 0. The van der Waals surface area contributed by atoms with Gasteiger partial charge in [-0.05, 0) is 6.07 Å². The van der Waals surface area contributed by atoms with Crippen LogP contribution in [0.2, 0.25) is 0 Å². The van der Waals surface area contributed by atoms with Gasteiger partial charge in [0.15, 0.2) is 0 Å². The Bertz CT molecular complexity index is 696. The van der Waals surface area contributed by atoms with Gasteiger partial charge in [-0.3, -0.25) is 14.9 Å². The molecule has 0 fully saturated rings. The van der Waals surface area contributed by atoms with Crippen LogP contribution in [0.5, 0.6) is 0 Å². The van der Waals surface area contributed by atoms with Gasteiger partial charge in [0.2, 0.25) is 5.78 Å². The van der Waals surface area contributed by atoms with E-state index in [1.165, 1.54) is 6.07 Å². The number of carbonyl (C=O) groups is 1. The number of ketones is 1. The molecular formula is C11H6F4N2O3. The summed E-state index contributed by atoms with van der Waals surface area (Å²) in [6, 6.07) is 3.17. The number of aromatic amines is 1. The van der Waals surface area contributed by atoms with Gasteiger partial charge < -0.3 is 4.98 Å². The van der Waals surface area contributed by atoms with Crippen molar-refractivity contribution in [3.63, 3.8) is 0 Å². The third kappa shape index (κ3) is 2.10. The highest BCUT2D eigenvalue weighted by Gasteiger charge is 2.49. The van der Waals surface area contributed by atoms with Gasteiger partial charge in [0.1, 0.15) is 0 Å². The number of nitrogens with one attached hydrogen (secondary N) is 1. The number of Topliss-reactive ketones (excluding diaryl/α,β-unsaturated/α-hetero) is 1. The predicted molar refractivity (Wildman–Crippen MR) is 60.2 cm³/mol. The van der Waals surface area contributed by atoms with E-state index >= 15 is 0 Å². The topological polar surface area (TPSA) is 76.0 Å². The van der Waals surface area contributed by atoms with Crippen LogP contribution in [0.1, 0.15) is 10.4 Å². The average Bonchev–Trinajstić information content (AvgIpc) is 2.79. The van der Waals surface area contributed by atoms with Gasteiger partial charge in [-0.15, -0.1) is 0 Å². The number of carbonyl (C=O) groups excluding carboxylic acids is 1. The second kappa shape index (κ2) is 4.58. The number of fused-ring (bicyclic) bond motifs is 1. The number of alkyl halides is 4. The highest BCUT2D eigenvalue weighted by atomic mass is 19.3. The molecule has 0 spiro atoms. The molecule has 0 amide bonds. The Balaban J connectivity index is 2.58. The number of halogens is 4. The summed E-state index contributed by atoms with van der Waals surface area (Å²) >= 11 is 0. The second-order valence-corrected chi connectivity index (χ2v) is 3.94. The molecule has 0 atom stereocenters. The van der Waals surface area contributed by atoms with Gasteiger partial charge in [0.25, 0.3) is 5.69 Å². The van der Waals surface area contributed by atoms with Crippen molar-refractivity contribution in [2.24, 2.45) is 0 Å². The number of hydrogen-bond acceptors (Lipinski definition) is 3. The van der Waals surface area contributed by atoms with Crippen molar-refractivity contribution in [3.8, 4) is 0 Å². The van der Waals surface area contributed by atoms with E-state index in [-0.39, 0.29) is 10.9 Å². The van der Waals surface area contributed by atoms with Crippen LogP contribution in [0.4, 0.5) is 23.2 Å². The van der Waals surface area contributed by atoms with Gasteiger partial charge >= 0.3 is 12.3 Å². The first-order chi connectivity index (χ1) is 9.25. The van der Waals surface area contributed by atoms with Crippen LogP contribution >= 0.6 is 0 Å².